The molecule has 0 aromatic heterocycles. The fraction of sp³-hybridized carbons (Fsp3) is 0.333. The lowest BCUT2D eigenvalue weighted by molar-refractivity contribution is 0.184. The van der Waals surface area contributed by atoms with Crippen molar-refractivity contribution >= 4 is 15.9 Å². The largest absolute Gasteiger partial charge is 0.380 e. The van der Waals surface area contributed by atoms with Crippen LogP contribution in [0, 0.1) is 0 Å². The fourth-order valence-corrected chi connectivity index (χ4v) is 3.66. The van der Waals surface area contributed by atoms with Crippen molar-refractivity contribution in [1.29, 1.82) is 0 Å². The zero-order valence-corrected chi connectivity index (χ0v) is 13.8. The summed E-state index contributed by atoms with van der Waals surface area (Å²) in [6.07, 6.45) is 2.32. The van der Waals surface area contributed by atoms with E-state index in [4.69, 9.17) is 4.74 Å². The highest BCUT2D eigenvalue weighted by Gasteiger charge is 2.23. The predicted octanol–water partition coefficient (Wildman–Crippen LogP) is 4.37. The molecule has 0 aliphatic heterocycles. The third kappa shape index (κ3) is 3.20. The van der Waals surface area contributed by atoms with Crippen LogP contribution in [-0.4, -0.2) is 7.11 Å². The van der Waals surface area contributed by atoms with Gasteiger partial charge in [0.1, 0.15) is 0 Å². The SMILES string of the molecule is COCc1ccccc1CNC1CCc2c(Br)cccc21. The van der Waals surface area contributed by atoms with Crippen LogP contribution in [0.4, 0.5) is 0 Å². The van der Waals surface area contributed by atoms with Crippen LogP contribution in [0.25, 0.3) is 0 Å². The molecule has 0 fully saturated rings. The van der Waals surface area contributed by atoms with E-state index in [-0.39, 0.29) is 0 Å². The van der Waals surface area contributed by atoms with Crippen molar-refractivity contribution in [2.45, 2.75) is 32.0 Å². The average Bonchev–Trinajstić information content (AvgIpc) is 2.91. The average molecular weight is 346 g/mol. The van der Waals surface area contributed by atoms with Crippen LogP contribution in [-0.2, 0) is 24.3 Å². The zero-order valence-electron chi connectivity index (χ0n) is 12.2. The first kappa shape index (κ1) is 14.8. The maximum Gasteiger partial charge on any atom is 0.0716 e. The van der Waals surface area contributed by atoms with Crippen LogP contribution in [0.5, 0.6) is 0 Å². The highest BCUT2D eigenvalue weighted by atomic mass is 79.9. The van der Waals surface area contributed by atoms with Gasteiger partial charge in [0.15, 0.2) is 0 Å². The van der Waals surface area contributed by atoms with E-state index in [1.54, 1.807) is 7.11 Å². The molecular weight excluding hydrogens is 326 g/mol. The van der Waals surface area contributed by atoms with Crippen molar-refractivity contribution in [3.63, 3.8) is 0 Å². The Labute approximate surface area is 134 Å². The Bertz CT molecular complexity index is 626. The molecule has 2 aromatic rings. The summed E-state index contributed by atoms with van der Waals surface area (Å²) in [5.41, 5.74) is 5.48. The number of fused-ring (bicyclic) bond motifs is 1. The van der Waals surface area contributed by atoms with Crippen molar-refractivity contribution < 1.29 is 4.74 Å². The molecule has 0 radical (unpaired) electrons. The van der Waals surface area contributed by atoms with E-state index in [1.165, 1.54) is 33.1 Å². The molecule has 3 rings (SSSR count). The van der Waals surface area contributed by atoms with Crippen molar-refractivity contribution in [2.75, 3.05) is 7.11 Å². The second-order valence-electron chi connectivity index (χ2n) is 5.48. The molecule has 0 amide bonds. The van der Waals surface area contributed by atoms with Gasteiger partial charge in [0.25, 0.3) is 0 Å². The molecule has 1 atom stereocenters. The third-order valence-corrected chi connectivity index (χ3v) is 4.91. The van der Waals surface area contributed by atoms with Crippen molar-refractivity contribution in [1.82, 2.24) is 5.32 Å². The summed E-state index contributed by atoms with van der Waals surface area (Å²) in [6, 6.07) is 15.4. The van der Waals surface area contributed by atoms with E-state index in [9.17, 15) is 0 Å². The highest BCUT2D eigenvalue weighted by Crippen LogP contribution is 2.35. The number of halogens is 1. The number of rotatable bonds is 5. The second-order valence-corrected chi connectivity index (χ2v) is 6.34. The minimum Gasteiger partial charge on any atom is -0.380 e. The maximum atomic E-state index is 5.28. The molecule has 1 unspecified atom stereocenters. The molecule has 0 heterocycles. The topological polar surface area (TPSA) is 21.3 Å². The van der Waals surface area contributed by atoms with Gasteiger partial charge in [0, 0.05) is 24.2 Å². The molecule has 0 saturated heterocycles. The van der Waals surface area contributed by atoms with Gasteiger partial charge in [-0.2, -0.15) is 0 Å². The van der Waals surface area contributed by atoms with E-state index in [0.717, 1.165) is 13.0 Å². The van der Waals surface area contributed by atoms with Gasteiger partial charge in [0.2, 0.25) is 0 Å². The van der Waals surface area contributed by atoms with Crippen molar-refractivity contribution in [2.24, 2.45) is 0 Å². The molecule has 3 heteroatoms. The Kier molecular flexibility index (Phi) is 4.73. The molecule has 0 bridgehead atoms. The third-order valence-electron chi connectivity index (χ3n) is 4.17. The predicted molar refractivity (Wildman–Crippen MR) is 89.2 cm³/mol. The molecular formula is C18H20BrNO. The van der Waals surface area contributed by atoms with Gasteiger partial charge in [-0.3, -0.25) is 0 Å². The van der Waals surface area contributed by atoms with Crippen molar-refractivity contribution in [3.05, 3.63) is 69.2 Å². The number of nitrogens with one attached hydrogen (secondary N) is 1. The Balaban J connectivity index is 1.72. The Hall–Kier alpha value is -1.16. The summed E-state index contributed by atoms with van der Waals surface area (Å²) in [4.78, 5) is 0. The van der Waals surface area contributed by atoms with Crippen LogP contribution < -0.4 is 5.32 Å². The lowest BCUT2D eigenvalue weighted by Gasteiger charge is -2.16. The molecule has 2 nitrogen and oxygen atoms in total. The molecule has 110 valence electrons. The molecule has 21 heavy (non-hydrogen) atoms. The summed E-state index contributed by atoms with van der Waals surface area (Å²) in [5, 5.41) is 3.70. The Morgan fingerprint density at radius 3 is 2.76 bits per heavy atom. The van der Waals surface area contributed by atoms with Gasteiger partial charge in [-0.1, -0.05) is 52.3 Å². The quantitative estimate of drug-likeness (QED) is 0.868. The number of methoxy groups -OCH3 is 1. The minimum absolute atomic E-state index is 0.452. The summed E-state index contributed by atoms with van der Waals surface area (Å²) in [6.45, 7) is 1.56. The molecule has 1 aliphatic carbocycles. The lowest BCUT2D eigenvalue weighted by Crippen LogP contribution is -2.19. The van der Waals surface area contributed by atoms with Gasteiger partial charge in [-0.25, -0.2) is 0 Å². The van der Waals surface area contributed by atoms with Gasteiger partial charge in [0.05, 0.1) is 6.61 Å². The van der Waals surface area contributed by atoms with Crippen molar-refractivity contribution in [3.8, 4) is 0 Å². The number of ether oxygens (including phenoxy) is 1. The first-order valence-corrected chi connectivity index (χ1v) is 8.15. The van der Waals surface area contributed by atoms with Gasteiger partial charge in [-0.05, 0) is 41.2 Å². The summed E-state index contributed by atoms with van der Waals surface area (Å²) in [7, 11) is 1.74. The second kappa shape index (κ2) is 6.73. The zero-order chi connectivity index (χ0) is 14.7. The van der Waals surface area contributed by atoms with E-state index in [2.05, 4.69) is 63.7 Å². The summed E-state index contributed by atoms with van der Waals surface area (Å²) < 4.78 is 6.52. The van der Waals surface area contributed by atoms with Crippen LogP contribution in [0.3, 0.4) is 0 Å². The molecule has 2 aromatic carbocycles. The molecule has 0 saturated carbocycles. The molecule has 1 aliphatic rings. The number of hydrogen-bond acceptors (Lipinski definition) is 2. The highest BCUT2D eigenvalue weighted by molar-refractivity contribution is 9.10. The molecule has 0 spiro atoms. The minimum atomic E-state index is 0.452. The number of hydrogen-bond donors (Lipinski definition) is 1. The van der Waals surface area contributed by atoms with E-state index < -0.39 is 0 Å². The Morgan fingerprint density at radius 1 is 1.14 bits per heavy atom. The fourth-order valence-electron chi connectivity index (χ4n) is 3.08. The monoisotopic (exact) mass is 345 g/mol. The molecule has 1 N–H and O–H groups in total. The Morgan fingerprint density at radius 2 is 1.95 bits per heavy atom. The maximum absolute atomic E-state index is 5.28. The van der Waals surface area contributed by atoms with Gasteiger partial charge < -0.3 is 10.1 Å². The van der Waals surface area contributed by atoms with Gasteiger partial charge in [-0.15, -0.1) is 0 Å². The summed E-state index contributed by atoms with van der Waals surface area (Å²) >= 11 is 3.66. The summed E-state index contributed by atoms with van der Waals surface area (Å²) in [5.74, 6) is 0. The van der Waals surface area contributed by atoms with Crippen LogP contribution >= 0.6 is 15.9 Å². The smallest absolute Gasteiger partial charge is 0.0716 e. The van der Waals surface area contributed by atoms with E-state index in [0.29, 0.717) is 12.6 Å². The van der Waals surface area contributed by atoms with Crippen LogP contribution in [0.2, 0.25) is 0 Å². The number of benzene rings is 2. The van der Waals surface area contributed by atoms with Crippen LogP contribution in [0.1, 0.15) is 34.7 Å². The van der Waals surface area contributed by atoms with Gasteiger partial charge >= 0.3 is 0 Å². The lowest BCUT2D eigenvalue weighted by atomic mass is 10.1. The first-order valence-electron chi connectivity index (χ1n) is 7.36. The first-order chi connectivity index (χ1) is 10.3. The normalized spacial score (nSPS) is 17.0. The van der Waals surface area contributed by atoms with Crippen LogP contribution in [0.15, 0.2) is 46.9 Å². The van der Waals surface area contributed by atoms with E-state index >= 15 is 0 Å². The standard InChI is InChI=1S/C18H20BrNO/c1-21-12-14-6-3-2-5-13(14)11-20-18-10-9-15-16(18)7-4-8-17(15)19/h2-8,18,20H,9-12H2,1H3. The van der Waals surface area contributed by atoms with E-state index in [1.807, 2.05) is 0 Å².